The summed E-state index contributed by atoms with van der Waals surface area (Å²) in [7, 11) is 0. The second kappa shape index (κ2) is 6.22. The number of aryl methyl sites for hydroxylation is 1. The van der Waals surface area contributed by atoms with E-state index in [0.717, 1.165) is 37.1 Å². The number of H-pyrrole nitrogens is 1. The van der Waals surface area contributed by atoms with Crippen LogP contribution in [0.15, 0.2) is 0 Å². The van der Waals surface area contributed by atoms with E-state index in [1.54, 1.807) is 6.92 Å². The van der Waals surface area contributed by atoms with Crippen LogP contribution in [-0.4, -0.2) is 35.9 Å². The van der Waals surface area contributed by atoms with Gasteiger partial charge in [0.15, 0.2) is 5.78 Å². The van der Waals surface area contributed by atoms with E-state index in [0.29, 0.717) is 17.8 Å². The molecule has 0 unspecified atom stereocenters. The summed E-state index contributed by atoms with van der Waals surface area (Å²) >= 11 is 0. The van der Waals surface area contributed by atoms with Crippen molar-refractivity contribution in [3.8, 4) is 0 Å². The van der Waals surface area contributed by atoms with Gasteiger partial charge in [0.1, 0.15) is 5.69 Å². The van der Waals surface area contributed by atoms with Gasteiger partial charge in [-0.25, -0.2) is 0 Å². The summed E-state index contributed by atoms with van der Waals surface area (Å²) in [4.78, 5) is 26.7. The number of aromatic nitrogens is 1. The molecule has 1 fully saturated rings. The number of nitrogens with one attached hydrogen (secondary N) is 2. The molecule has 5 heteroatoms. The van der Waals surface area contributed by atoms with Crippen molar-refractivity contribution in [3.63, 3.8) is 0 Å². The molecule has 0 aromatic carbocycles. The summed E-state index contributed by atoms with van der Waals surface area (Å²) in [6.07, 6.45) is 3.29. The molecule has 0 radical (unpaired) electrons. The van der Waals surface area contributed by atoms with Crippen LogP contribution in [0, 0.1) is 13.8 Å². The average molecular weight is 278 g/mol. The lowest BCUT2D eigenvalue weighted by atomic mass is 10.1. The van der Waals surface area contributed by atoms with Gasteiger partial charge in [0.25, 0.3) is 5.91 Å². The molecule has 20 heavy (non-hydrogen) atoms. The quantitative estimate of drug-likeness (QED) is 0.811. The Hall–Kier alpha value is -1.62. The first kappa shape index (κ1) is 14.8. The highest BCUT2D eigenvalue weighted by Crippen LogP contribution is 2.18. The molecule has 0 aliphatic carbocycles. The van der Waals surface area contributed by atoms with Crippen LogP contribution in [0.2, 0.25) is 0 Å². The standard InChI is InChI=1S/C15H22N2O3/c1-9-13(11(3)18)10(2)17-14(9)15(19)16-7-6-12-5-4-8-20-12/h12,17H,4-8H2,1-3H3,(H,16,19)/t12-/m1/s1. The van der Waals surface area contributed by atoms with Crippen molar-refractivity contribution in [3.05, 3.63) is 22.5 Å². The largest absolute Gasteiger partial charge is 0.378 e. The van der Waals surface area contributed by atoms with Crippen LogP contribution in [0.3, 0.4) is 0 Å². The first-order valence-corrected chi connectivity index (χ1v) is 7.10. The number of carbonyl (C=O) groups excluding carboxylic acids is 2. The third kappa shape index (κ3) is 3.10. The summed E-state index contributed by atoms with van der Waals surface area (Å²) in [5.41, 5.74) is 2.58. The third-order valence-corrected chi connectivity index (χ3v) is 3.79. The van der Waals surface area contributed by atoms with E-state index in [1.807, 2.05) is 6.92 Å². The Labute approximate surface area is 119 Å². The molecule has 0 bridgehead atoms. The van der Waals surface area contributed by atoms with Gasteiger partial charge in [0, 0.05) is 24.4 Å². The SMILES string of the molecule is CC(=O)c1c(C)[nH]c(C(=O)NCC[C@H]2CCCO2)c1C. The first-order chi connectivity index (χ1) is 9.50. The van der Waals surface area contributed by atoms with Gasteiger partial charge in [0.05, 0.1) is 6.10 Å². The van der Waals surface area contributed by atoms with E-state index in [9.17, 15) is 9.59 Å². The zero-order valence-corrected chi connectivity index (χ0v) is 12.3. The number of Topliss-reactive ketones (excluding diaryl/α,β-unsaturated/α-hetero) is 1. The van der Waals surface area contributed by atoms with Crippen molar-refractivity contribution < 1.29 is 14.3 Å². The lowest BCUT2D eigenvalue weighted by Crippen LogP contribution is -2.27. The summed E-state index contributed by atoms with van der Waals surface area (Å²) in [5, 5.41) is 2.88. The van der Waals surface area contributed by atoms with Crippen LogP contribution < -0.4 is 5.32 Å². The van der Waals surface area contributed by atoms with Crippen molar-refractivity contribution in [1.82, 2.24) is 10.3 Å². The molecule has 1 aliphatic rings. The van der Waals surface area contributed by atoms with Crippen LogP contribution in [0.25, 0.3) is 0 Å². The van der Waals surface area contributed by atoms with Gasteiger partial charge in [-0.15, -0.1) is 0 Å². The maximum absolute atomic E-state index is 12.1. The van der Waals surface area contributed by atoms with E-state index in [-0.39, 0.29) is 17.8 Å². The molecule has 0 spiro atoms. The fraction of sp³-hybridized carbons (Fsp3) is 0.600. The van der Waals surface area contributed by atoms with Crippen LogP contribution in [0.1, 0.15) is 58.3 Å². The number of ketones is 1. The number of carbonyl (C=O) groups is 2. The van der Waals surface area contributed by atoms with Crippen molar-refractivity contribution in [2.24, 2.45) is 0 Å². The Kier molecular flexibility index (Phi) is 4.60. The minimum Gasteiger partial charge on any atom is -0.378 e. The highest BCUT2D eigenvalue weighted by Gasteiger charge is 2.20. The van der Waals surface area contributed by atoms with Gasteiger partial charge in [-0.05, 0) is 45.6 Å². The summed E-state index contributed by atoms with van der Waals surface area (Å²) in [6, 6.07) is 0. The van der Waals surface area contributed by atoms with E-state index < -0.39 is 0 Å². The smallest absolute Gasteiger partial charge is 0.268 e. The lowest BCUT2D eigenvalue weighted by Gasteiger charge is -2.10. The molecule has 110 valence electrons. The summed E-state index contributed by atoms with van der Waals surface area (Å²) in [6.45, 7) is 6.55. The molecule has 1 amide bonds. The minimum absolute atomic E-state index is 0.0188. The van der Waals surface area contributed by atoms with Crippen LogP contribution in [0.5, 0.6) is 0 Å². The monoisotopic (exact) mass is 278 g/mol. The molecule has 1 saturated heterocycles. The molecular weight excluding hydrogens is 256 g/mol. The minimum atomic E-state index is -0.156. The molecule has 1 aromatic rings. The third-order valence-electron chi connectivity index (χ3n) is 3.79. The number of hydrogen-bond donors (Lipinski definition) is 2. The zero-order chi connectivity index (χ0) is 14.7. The Balaban J connectivity index is 1.95. The van der Waals surface area contributed by atoms with Gasteiger partial charge in [-0.1, -0.05) is 0 Å². The molecule has 5 nitrogen and oxygen atoms in total. The van der Waals surface area contributed by atoms with Crippen molar-refractivity contribution in [2.45, 2.75) is 46.1 Å². The number of aromatic amines is 1. The van der Waals surface area contributed by atoms with Gasteiger partial charge >= 0.3 is 0 Å². The molecule has 2 heterocycles. The summed E-state index contributed by atoms with van der Waals surface area (Å²) in [5.74, 6) is -0.175. The average Bonchev–Trinajstić information content (AvgIpc) is 2.97. The highest BCUT2D eigenvalue weighted by atomic mass is 16.5. The molecule has 2 N–H and O–H groups in total. The van der Waals surface area contributed by atoms with Crippen LogP contribution in [0.4, 0.5) is 0 Å². The van der Waals surface area contributed by atoms with Crippen molar-refractivity contribution in [1.29, 1.82) is 0 Å². The number of amides is 1. The fourth-order valence-corrected chi connectivity index (χ4v) is 2.81. The second-order valence-corrected chi connectivity index (χ2v) is 5.36. The van der Waals surface area contributed by atoms with Crippen LogP contribution >= 0.6 is 0 Å². The van der Waals surface area contributed by atoms with Crippen molar-refractivity contribution >= 4 is 11.7 Å². The lowest BCUT2D eigenvalue weighted by molar-refractivity contribution is 0.0903. The van der Waals surface area contributed by atoms with Gasteiger partial charge in [-0.3, -0.25) is 9.59 Å². The van der Waals surface area contributed by atoms with E-state index in [2.05, 4.69) is 10.3 Å². The van der Waals surface area contributed by atoms with E-state index in [1.165, 1.54) is 6.92 Å². The Morgan fingerprint density at radius 2 is 2.15 bits per heavy atom. The molecule has 1 aromatic heterocycles. The van der Waals surface area contributed by atoms with E-state index >= 15 is 0 Å². The molecule has 1 aliphatic heterocycles. The Morgan fingerprint density at radius 3 is 2.70 bits per heavy atom. The number of ether oxygens (including phenoxy) is 1. The normalized spacial score (nSPS) is 18.2. The van der Waals surface area contributed by atoms with Gasteiger partial charge in [0.2, 0.25) is 0 Å². The maximum atomic E-state index is 12.1. The summed E-state index contributed by atoms with van der Waals surface area (Å²) < 4.78 is 5.52. The first-order valence-electron chi connectivity index (χ1n) is 7.10. The molecule has 2 rings (SSSR count). The van der Waals surface area contributed by atoms with Gasteiger partial charge < -0.3 is 15.0 Å². The van der Waals surface area contributed by atoms with Crippen LogP contribution in [-0.2, 0) is 4.74 Å². The van der Waals surface area contributed by atoms with Crippen molar-refractivity contribution in [2.75, 3.05) is 13.2 Å². The van der Waals surface area contributed by atoms with E-state index in [4.69, 9.17) is 4.74 Å². The molecule has 0 saturated carbocycles. The molecule has 1 atom stereocenters. The Bertz CT molecular complexity index is 513. The van der Waals surface area contributed by atoms with Gasteiger partial charge in [-0.2, -0.15) is 0 Å². The highest BCUT2D eigenvalue weighted by molar-refractivity contribution is 6.02. The number of rotatable bonds is 5. The molecular formula is C15H22N2O3. The fourth-order valence-electron chi connectivity index (χ4n) is 2.81. The number of hydrogen-bond acceptors (Lipinski definition) is 3. The second-order valence-electron chi connectivity index (χ2n) is 5.36. The predicted molar refractivity (Wildman–Crippen MR) is 76.2 cm³/mol. The Morgan fingerprint density at radius 1 is 1.40 bits per heavy atom. The maximum Gasteiger partial charge on any atom is 0.268 e. The predicted octanol–water partition coefficient (Wildman–Crippen LogP) is 2.13. The zero-order valence-electron chi connectivity index (χ0n) is 12.3. The topological polar surface area (TPSA) is 71.2 Å².